The molecule has 0 aromatic rings. The summed E-state index contributed by atoms with van der Waals surface area (Å²) in [6.07, 6.45) is 8.87. The van der Waals surface area contributed by atoms with Crippen LogP contribution >= 0.6 is 0 Å². The molecule has 0 N–H and O–H groups in total. The molecule has 3 fully saturated rings. The van der Waals surface area contributed by atoms with Crippen molar-refractivity contribution in [3.8, 4) is 0 Å². The van der Waals surface area contributed by atoms with Crippen LogP contribution in [0.2, 0.25) is 0 Å². The molecule has 1 saturated carbocycles. The Labute approximate surface area is 98.1 Å². The van der Waals surface area contributed by atoms with Crippen LogP contribution in [0.5, 0.6) is 0 Å². The van der Waals surface area contributed by atoms with Crippen LogP contribution in [-0.4, -0.2) is 49.5 Å². The number of rotatable bonds is 2. The lowest BCUT2D eigenvalue weighted by molar-refractivity contribution is -0.0983. The zero-order valence-electron chi connectivity index (χ0n) is 10.1. The first-order valence-electron chi connectivity index (χ1n) is 6.91. The van der Waals surface area contributed by atoms with Gasteiger partial charge in [0.2, 0.25) is 0 Å². The van der Waals surface area contributed by atoms with E-state index < -0.39 is 0 Å². The number of nitrogens with zero attached hydrogens (tertiary/aromatic N) is 1. The fourth-order valence-corrected chi connectivity index (χ4v) is 3.45. The topological polar surface area (TPSA) is 21.7 Å². The fraction of sp³-hybridized carbons (Fsp3) is 1.00. The summed E-state index contributed by atoms with van der Waals surface area (Å²) in [6.45, 7) is 4.16. The third-order valence-electron chi connectivity index (χ3n) is 4.31. The van der Waals surface area contributed by atoms with Crippen molar-refractivity contribution in [3.05, 3.63) is 0 Å². The van der Waals surface area contributed by atoms with Gasteiger partial charge in [0, 0.05) is 25.7 Å². The van der Waals surface area contributed by atoms with Gasteiger partial charge in [0.1, 0.15) is 0 Å². The molecule has 2 heterocycles. The first-order chi connectivity index (χ1) is 7.93. The average molecular weight is 225 g/mol. The predicted octanol–water partition coefficient (Wildman–Crippen LogP) is 1.81. The summed E-state index contributed by atoms with van der Waals surface area (Å²) in [7, 11) is 0. The molecule has 0 radical (unpaired) electrons. The van der Waals surface area contributed by atoms with Crippen LogP contribution in [-0.2, 0) is 9.47 Å². The van der Waals surface area contributed by atoms with E-state index in [1.165, 1.54) is 38.5 Å². The summed E-state index contributed by atoms with van der Waals surface area (Å²) < 4.78 is 11.6. The first-order valence-corrected chi connectivity index (χ1v) is 6.91. The van der Waals surface area contributed by atoms with Crippen LogP contribution < -0.4 is 0 Å². The quantitative estimate of drug-likeness (QED) is 0.715. The minimum absolute atomic E-state index is 0.501. The highest BCUT2D eigenvalue weighted by molar-refractivity contribution is 4.88. The number of ether oxygens (including phenoxy) is 2. The van der Waals surface area contributed by atoms with Crippen LogP contribution in [0.15, 0.2) is 0 Å². The molecule has 3 rings (SSSR count). The maximum absolute atomic E-state index is 5.89. The Hall–Kier alpha value is -0.120. The molecule has 0 aromatic carbocycles. The minimum atomic E-state index is 0.501. The Morgan fingerprint density at radius 1 is 0.938 bits per heavy atom. The molecule has 3 aliphatic rings. The van der Waals surface area contributed by atoms with E-state index in [1.807, 2.05) is 0 Å². The molecule has 0 amide bonds. The first kappa shape index (κ1) is 11.0. The van der Waals surface area contributed by atoms with Gasteiger partial charge in [-0.05, 0) is 25.7 Å². The molecule has 0 unspecified atom stereocenters. The molecule has 16 heavy (non-hydrogen) atoms. The summed E-state index contributed by atoms with van der Waals surface area (Å²) in [4.78, 5) is 2.64. The summed E-state index contributed by atoms with van der Waals surface area (Å²) >= 11 is 0. The van der Waals surface area contributed by atoms with Gasteiger partial charge in [-0.1, -0.05) is 12.8 Å². The van der Waals surface area contributed by atoms with Gasteiger partial charge < -0.3 is 9.47 Å². The van der Waals surface area contributed by atoms with Crippen molar-refractivity contribution in [2.75, 3.05) is 26.3 Å². The van der Waals surface area contributed by atoms with Gasteiger partial charge in [-0.3, -0.25) is 4.90 Å². The molecule has 1 aliphatic carbocycles. The van der Waals surface area contributed by atoms with Crippen molar-refractivity contribution >= 4 is 0 Å². The molecular formula is C13H23NO2. The van der Waals surface area contributed by atoms with Crippen molar-refractivity contribution in [2.24, 2.45) is 0 Å². The highest BCUT2D eigenvalue weighted by atomic mass is 16.5. The third-order valence-corrected chi connectivity index (χ3v) is 4.31. The average Bonchev–Trinajstić information content (AvgIpc) is 2.82. The normalized spacial score (nSPS) is 40.9. The van der Waals surface area contributed by atoms with Crippen molar-refractivity contribution in [1.82, 2.24) is 4.90 Å². The zero-order chi connectivity index (χ0) is 10.8. The summed E-state index contributed by atoms with van der Waals surface area (Å²) in [5.74, 6) is 0. The number of fused-ring (bicyclic) bond motifs is 1. The van der Waals surface area contributed by atoms with Crippen LogP contribution in [0.4, 0.5) is 0 Å². The molecule has 2 saturated heterocycles. The van der Waals surface area contributed by atoms with Crippen LogP contribution in [0.3, 0.4) is 0 Å². The van der Waals surface area contributed by atoms with Crippen LogP contribution in [0.1, 0.15) is 38.5 Å². The van der Waals surface area contributed by atoms with Gasteiger partial charge in [0.15, 0.2) is 0 Å². The van der Waals surface area contributed by atoms with Gasteiger partial charge in [-0.25, -0.2) is 0 Å². The maximum Gasteiger partial charge on any atom is 0.0730 e. The highest BCUT2D eigenvalue weighted by Crippen LogP contribution is 2.29. The third kappa shape index (κ3) is 2.27. The van der Waals surface area contributed by atoms with E-state index in [9.17, 15) is 0 Å². The molecule has 0 bridgehead atoms. The summed E-state index contributed by atoms with van der Waals surface area (Å²) in [5.41, 5.74) is 0. The van der Waals surface area contributed by atoms with Gasteiger partial charge in [0.25, 0.3) is 0 Å². The van der Waals surface area contributed by atoms with E-state index >= 15 is 0 Å². The van der Waals surface area contributed by atoms with Gasteiger partial charge in [0.05, 0.1) is 18.8 Å². The Morgan fingerprint density at radius 3 is 2.75 bits per heavy atom. The number of morpholine rings is 1. The molecule has 0 spiro atoms. The van der Waals surface area contributed by atoms with E-state index in [-0.39, 0.29) is 0 Å². The molecular weight excluding hydrogens is 202 g/mol. The Morgan fingerprint density at radius 2 is 1.88 bits per heavy atom. The fourth-order valence-electron chi connectivity index (χ4n) is 3.45. The number of hydrogen-bond donors (Lipinski definition) is 0. The second kappa shape index (κ2) is 5.03. The molecule has 3 heteroatoms. The van der Waals surface area contributed by atoms with E-state index in [4.69, 9.17) is 9.47 Å². The standard InChI is InChI=1S/C13H23NO2/c1-2-6-13-12(5-1)14(7-9-16-13)10-11-4-3-8-15-11/h11-13H,1-10H2/t11-,12-,13-/m0/s1. The number of hydrogen-bond acceptors (Lipinski definition) is 3. The van der Waals surface area contributed by atoms with E-state index in [0.29, 0.717) is 18.2 Å². The second-order valence-electron chi connectivity index (χ2n) is 5.39. The van der Waals surface area contributed by atoms with E-state index in [1.54, 1.807) is 0 Å². The van der Waals surface area contributed by atoms with E-state index in [2.05, 4.69) is 4.90 Å². The van der Waals surface area contributed by atoms with Crippen molar-refractivity contribution in [1.29, 1.82) is 0 Å². The molecule has 0 aromatic heterocycles. The van der Waals surface area contributed by atoms with Gasteiger partial charge >= 0.3 is 0 Å². The van der Waals surface area contributed by atoms with Gasteiger partial charge in [-0.2, -0.15) is 0 Å². The smallest absolute Gasteiger partial charge is 0.0730 e. The molecule has 92 valence electrons. The summed E-state index contributed by atoms with van der Waals surface area (Å²) in [5, 5.41) is 0. The van der Waals surface area contributed by atoms with Crippen LogP contribution in [0, 0.1) is 0 Å². The molecule has 3 nitrogen and oxygen atoms in total. The predicted molar refractivity (Wildman–Crippen MR) is 62.5 cm³/mol. The van der Waals surface area contributed by atoms with Crippen molar-refractivity contribution in [3.63, 3.8) is 0 Å². The maximum atomic E-state index is 5.89. The Bertz CT molecular complexity index is 226. The lowest BCUT2D eigenvalue weighted by Crippen LogP contribution is -2.54. The minimum Gasteiger partial charge on any atom is -0.377 e. The zero-order valence-corrected chi connectivity index (χ0v) is 10.1. The van der Waals surface area contributed by atoms with E-state index in [0.717, 1.165) is 26.3 Å². The van der Waals surface area contributed by atoms with Crippen LogP contribution in [0.25, 0.3) is 0 Å². The lowest BCUT2D eigenvalue weighted by Gasteiger charge is -2.44. The monoisotopic (exact) mass is 225 g/mol. The second-order valence-corrected chi connectivity index (χ2v) is 5.39. The van der Waals surface area contributed by atoms with Crippen molar-refractivity contribution < 1.29 is 9.47 Å². The lowest BCUT2D eigenvalue weighted by atomic mass is 9.90. The van der Waals surface area contributed by atoms with Gasteiger partial charge in [-0.15, -0.1) is 0 Å². The molecule has 3 atom stereocenters. The largest absolute Gasteiger partial charge is 0.377 e. The Balaban J connectivity index is 1.59. The highest BCUT2D eigenvalue weighted by Gasteiger charge is 2.35. The van der Waals surface area contributed by atoms with Crippen molar-refractivity contribution in [2.45, 2.75) is 56.8 Å². The molecule has 2 aliphatic heterocycles. The Kier molecular flexibility index (Phi) is 3.46. The SMILES string of the molecule is C1CO[C@H](CN2CCO[C@H]3CCCC[C@@H]32)C1. The summed E-state index contributed by atoms with van der Waals surface area (Å²) in [6, 6.07) is 0.687.